The minimum atomic E-state index is -5.89. The van der Waals surface area contributed by atoms with Crippen LogP contribution in [0.25, 0.3) is 16.9 Å². The van der Waals surface area contributed by atoms with Crippen molar-refractivity contribution >= 4 is 5.78 Å². The third-order valence-electron chi connectivity index (χ3n) is 4.04. The predicted molar refractivity (Wildman–Crippen MR) is 80.2 cm³/mol. The average Bonchev–Trinajstić information content (AvgIpc) is 3.11. The monoisotopic (exact) mass is 430 g/mol. The second-order valence-electron chi connectivity index (χ2n) is 6.09. The first-order chi connectivity index (χ1) is 13.1. The molecule has 7 nitrogen and oxygen atoms in total. The van der Waals surface area contributed by atoms with Crippen LogP contribution in [0.4, 0.5) is 35.1 Å². The Kier molecular flexibility index (Phi) is 4.47. The summed E-state index contributed by atoms with van der Waals surface area (Å²) in [4.78, 5) is 16.0. The Bertz CT molecular complexity index is 1140. The van der Waals surface area contributed by atoms with Crippen molar-refractivity contribution in [2.75, 3.05) is 0 Å². The highest BCUT2D eigenvalue weighted by atomic mass is 19.4. The fourth-order valence-corrected chi connectivity index (χ4v) is 2.50. The van der Waals surface area contributed by atoms with E-state index in [4.69, 9.17) is 0 Å². The van der Waals surface area contributed by atoms with Gasteiger partial charge in [-0.1, -0.05) is 0 Å². The maximum Gasteiger partial charge on any atom is 0.455 e. The van der Waals surface area contributed by atoms with Gasteiger partial charge in [-0.05, 0) is 6.92 Å². The lowest BCUT2D eigenvalue weighted by Crippen LogP contribution is -2.40. The first kappa shape index (κ1) is 20.7. The maximum atomic E-state index is 13.5. The highest BCUT2D eigenvalue weighted by Gasteiger charge is 2.57. The molecule has 3 aromatic heterocycles. The first-order valence-corrected chi connectivity index (χ1v) is 7.64. The summed E-state index contributed by atoms with van der Waals surface area (Å²) in [5.41, 5.74) is -4.64. The van der Waals surface area contributed by atoms with Gasteiger partial charge in [0.2, 0.25) is 5.78 Å². The van der Waals surface area contributed by atoms with Gasteiger partial charge in [0, 0.05) is 18.8 Å². The Morgan fingerprint density at radius 2 is 1.69 bits per heavy atom. The number of hydrogen-bond donors (Lipinski definition) is 0. The molecule has 158 valence electrons. The molecule has 3 aromatic rings. The van der Waals surface area contributed by atoms with E-state index in [1.165, 1.54) is 14.0 Å². The molecular weight excluding hydrogens is 420 g/mol. The van der Waals surface area contributed by atoms with Crippen molar-refractivity contribution in [3.05, 3.63) is 34.3 Å². The van der Waals surface area contributed by atoms with Gasteiger partial charge in [0.15, 0.2) is 5.69 Å². The molecule has 0 aliphatic heterocycles. The lowest BCUT2D eigenvalue weighted by atomic mass is 10.1. The average molecular weight is 430 g/mol. The van der Waals surface area contributed by atoms with Crippen LogP contribution >= 0.6 is 0 Å². The summed E-state index contributed by atoms with van der Waals surface area (Å²) in [6.07, 6.45) is -9.96. The molecule has 3 heterocycles. The second-order valence-corrected chi connectivity index (χ2v) is 6.09. The number of halogens is 8. The van der Waals surface area contributed by atoms with Crippen molar-refractivity contribution in [3.8, 4) is 11.1 Å². The number of fused-ring (bicyclic) bond motifs is 1. The smallest absolute Gasteiger partial charge is 0.300 e. The van der Waals surface area contributed by atoms with Crippen LogP contribution in [0.5, 0.6) is 0 Å². The molecule has 0 bridgehead atoms. The largest absolute Gasteiger partial charge is 0.455 e. The Balaban J connectivity index is 2.19. The molecule has 0 unspecified atom stereocenters. The Morgan fingerprint density at radius 1 is 1.07 bits per heavy atom. The van der Waals surface area contributed by atoms with Gasteiger partial charge in [0.05, 0.1) is 11.8 Å². The van der Waals surface area contributed by atoms with Crippen LogP contribution in [-0.4, -0.2) is 41.0 Å². The van der Waals surface area contributed by atoms with Crippen LogP contribution in [0.1, 0.15) is 11.5 Å². The molecule has 0 spiro atoms. The SMILES string of the molecule is Cc1nn2c(=O)c(-c3cnn(CC(F)(F)C(F)(F)F)c3)c(C(F)(F)F)nc2n1C. The molecule has 0 amide bonds. The van der Waals surface area contributed by atoms with Crippen molar-refractivity contribution in [1.29, 1.82) is 0 Å². The molecule has 0 radical (unpaired) electrons. The Hall–Kier alpha value is -3.00. The van der Waals surface area contributed by atoms with Crippen LogP contribution in [-0.2, 0) is 19.8 Å². The number of aromatic nitrogens is 6. The second kappa shape index (κ2) is 6.25. The molecule has 0 N–H and O–H groups in total. The number of hydrogen-bond acceptors (Lipinski definition) is 4. The minimum absolute atomic E-state index is 0.0982. The molecule has 0 fully saturated rings. The summed E-state index contributed by atoms with van der Waals surface area (Å²) in [6.45, 7) is -0.574. The number of aryl methyl sites for hydroxylation is 2. The van der Waals surface area contributed by atoms with Crippen molar-refractivity contribution < 1.29 is 35.1 Å². The molecule has 0 saturated heterocycles. The van der Waals surface area contributed by atoms with Crippen LogP contribution in [0, 0.1) is 6.92 Å². The van der Waals surface area contributed by atoms with Gasteiger partial charge in [-0.15, -0.1) is 5.10 Å². The highest BCUT2D eigenvalue weighted by Crippen LogP contribution is 2.37. The summed E-state index contributed by atoms with van der Waals surface area (Å²) in [5.74, 6) is -5.46. The zero-order valence-electron chi connectivity index (χ0n) is 14.5. The van der Waals surface area contributed by atoms with E-state index in [1.54, 1.807) is 0 Å². The summed E-state index contributed by atoms with van der Waals surface area (Å²) in [6, 6.07) is 0. The fourth-order valence-electron chi connectivity index (χ4n) is 2.50. The van der Waals surface area contributed by atoms with Crippen LogP contribution in [0.3, 0.4) is 0 Å². The number of nitrogens with zero attached hydrogens (tertiary/aromatic N) is 6. The quantitative estimate of drug-likeness (QED) is 0.600. The summed E-state index contributed by atoms with van der Waals surface area (Å²) in [7, 11) is 1.32. The van der Waals surface area contributed by atoms with Crippen molar-refractivity contribution in [1.82, 2.24) is 28.9 Å². The van der Waals surface area contributed by atoms with E-state index in [0.29, 0.717) is 16.9 Å². The fraction of sp³-hybridized carbons (Fsp3) is 0.429. The Morgan fingerprint density at radius 3 is 2.24 bits per heavy atom. The molecule has 3 rings (SSSR count). The van der Waals surface area contributed by atoms with Gasteiger partial charge >= 0.3 is 18.3 Å². The highest BCUT2D eigenvalue weighted by molar-refractivity contribution is 5.65. The maximum absolute atomic E-state index is 13.5. The molecule has 29 heavy (non-hydrogen) atoms. The first-order valence-electron chi connectivity index (χ1n) is 7.64. The molecule has 0 aliphatic rings. The van der Waals surface area contributed by atoms with Gasteiger partial charge in [-0.25, -0.2) is 4.98 Å². The van der Waals surface area contributed by atoms with E-state index < -0.39 is 53.0 Å². The van der Waals surface area contributed by atoms with E-state index in [1.807, 2.05) is 0 Å². The van der Waals surface area contributed by atoms with E-state index in [9.17, 15) is 39.9 Å². The topological polar surface area (TPSA) is 70.0 Å². The number of alkyl halides is 8. The summed E-state index contributed by atoms with van der Waals surface area (Å²) < 4.78 is 106. The van der Waals surface area contributed by atoms with Crippen molar-refractivity contribution in [2.45, 2.75) is 31.7 Å². The van der Waals surface area contributed by atoms with Gasteiger partial charge < -0.3 is 4.57 Å². The van der Waals surface area contributed by atoms with Gasteiger partial charge in [0.25, 0.3) is 5.56 Å². The molecule has 0 aromatic carbocycles. The molecule has 0 saturated carbocycles. The van der Waals surface area contributed by atoms with E-state index in [0.717, 1.165) is 4.57 Å². The normalized spacial score (nSPS) is 13.4. The van der Waals surface area contributed by atoms with E-state index in [2.05, 4.69) is 15.2 Å². The van der Waals surface area contributed by atoms with Gasteiger partial charge in [-0.3, -0.25) is 9.48 Å². The Labute approximate surface area is 155 Å². The van der Waals surface area contributed by atoms with E-state index in [-0.39, 0.29) is 10.5 Å². The lowest BCUT2D eigenvalue weighted by molar-refractivity contribution is -0.287. The number of rotatable bonds is 3. The molecule has 15 heteroatoms. The van der Waals surface area contributed by atoms with E-state index >= 15 is 0 Å². The van der Waals surface area contributed by atoms with Crippen molar-refractivity contribution in [3.63, 3.8) is 0 Å². The standard InChI is InChI=1S/C14H10F8N6O/c1-6-25-28-10(29)8(9(13(17,18)19)24-11(28)26(6)2)7-3-23-27(4-7)5-12(15,16)14(20,21)22/h3-4H,5H2,1-2H3. The van der Waals surface area contributed by atoms with Crippen LogP contribution < -0.4 is 5.56 Å². The zero-order chi connectivity index (χ0) is 21.9. The molecular formula is C14H10F8N6O. The molecule has 0 atom stereocenters. The van der Waals surface area contributed by atoms with Crippen molar-refractivity contribution in [2.24, 2.45) is 7.05 Å². The van der Waals surface area contributed by atoms with Crippen LogP contribution in [0.15, 0.2) is 17.2 Å². The third-order valence-corrected chi connectivity index (χ3v) is 4.04. The summed E-state index contributed by atoms with van der Waals surface area (Å²) in [5, 5.41) is 6.99. The third kappa shape index (κ3) is 3.44. The van der Waals surface area contributed by atoms with Crippen LogP contribution in [0.2, 0.25) is 0 Å². The lowest BCUT2D eigenvalue weighted by Gasteiger charge is -2.19. The predicted octanol–water partition coefficient (Wildman–Crippen LogP) is 2.82. The molecule has 0 aliphatic carbocycles. The zero-order valence-corrected chi connectivity index (χ0v) is 14.5. The van der Waals surface area contributed by atoms with Gasteiger partial charge in [0.1, 0.15) is 12.4 Å². The van der Waals surface area contributed by atoms with Gasteiger partial charge in [-0.2, -0.15) is 44.7 Å². The summed E-state index contributed by atoms with van der Waals surface area (Å²) >= 11 is 0. The minimum Gasteiger partial charge on any atom is -0.300 e.